The number of nitrogens with one attached hydrogen (secondary N) is 1. The number of hydrogen-bond donors (Lipinski definition) is 2. The van der Waals surface area contributed by atoms with Gasteiger partial charge in [-0.15, -0.1) is 11.3 Å². The standard InChI is InChI=1S/C14H14N2O5S/c1-3-20-14(19)9-7(2)10(11(15)17)22-13(9)16-12(18)8-5-4-6-21-8/h4-6H,3H2,1-2H3,(H2,15,17)(H,16,18). The lowest BCUT2D eigenvalue weighted by molar-refractivity contribution is 0.0527. The van der Waals surface area contributed by atoms with Crippen LogP contribution in [0.4, 0.5) is 5.00 Å². The summed E-state index contributed by atoms with van der Waals surface area (Å²) in [5.41, 5.74) is 5.79. The van der Waals surface area contributed by atoms with Gasteiger partial charge in [-0.25, -0.2) is 4.79 Å². The molecule has 0 bridgehead atoms. The molecule has 2 aromatic rings. The summed E-state index contributed by atoms with van der Waals surface area (Å²) in [5, 5.41) is 2.75. The summed E-state index contributed by atoms with van der Waals surface area (Å²) in [6.45, 7) is 3.41. The van der Waals surface area contributed by atoms with Gasteiger partial charge in [0.25, 0.3) is 11.8 Å². The third kappa shape index (κ3) is 3.01. The maximum absolute atomic E-state index is 12.0. The molecule has 0 saturated carbocycles. The lowest BCUT2D eigenvalue weighted by Crippen LogP contribution is -2.14. The first-order valence-electron chi connectivity index (χ1n) is 6.40. The normalized spacial score (nSPS) is 10.3. The SMILES string of the molecule is CCOC(=O)c1c(NC(=O)c2ccco2)sc(C(N)=O)c1C. The first kappa shape index (κ1) is 15.8. The monoisotopic (exact) mass is 322 g/mol. The number of esters is 1. The van der Waals surface area contributed by atoms with Gasteiger partial charge in [0.05, 0.1) is 23.3 Å². The van der Waals surface area contributed by atoms with Crippen LogP contribution in [0.1, 0.15) is 43.1 Å². The molecule has 2 amide bonds. The summed E-state index contributed by atoms with van der Waals surface area (Å²) < 4.78 is 9.94. The molecule has 0 spiro atoms. The van der Waals surface area contributed by atoms with Crippen LogP contribution in [0.25, 0.3) is 0 Å². The highest BCUT2D eigenvalue weighted by molar-refractivity contribution is 7.18. The minimum atomic E-state index is -0.674. The Morgan fingerprint density at radius 2 is 2.14 bits per heavy atom. The molecule has 2 heterocycles. The van der Waals surface area contributed by atoms with Crippen molar-refractivity contribution in [2.24, 2.45) is 5.73 Å². The number of ether oxygens (including phenoxy) is 1. The number of carbonyl (C=O) groups is 3. The van der Waals surface area contributed by atoms with E-state index in [-0.39, 0.29) is 27.8 Å². The number of anilines is 1. The molecule has 0 fully saturated rings. The number of nitrogens with two attached hydrogens (primary N) is 1. The molecule has 0 radical (unpaired) electrons. The van der Waals surface area contributed by atoms with E-state index in [9.17, 15) is 14.4 Å². The van der Waals surface area contributed by atoms with Crippen LogP contribution >= 0.6 is 11.3 Å². The first-order chi connectivity index (χ1) is 10.5. The van der Waals surface area contributed by atoms with Gasteiger partial charge in [0.15, 0.2) is 5.76 Å². The van der Waals surface area contributed by atoms with E-state index in [4.69, 9.17) is 14.9 Å². The van der Waals surface area contributed by atoms with Crippen molar-refractivity contribution in [3.63, 3.8) is 0 Å². The molecule has 2 aromatic heterocycles. The highest BCUT2D eigenvalue weighted by atomic mass is 32.1. The van der Waals surface area contributed by atoms with Gasteiger partial charge in [-0.2, -0.15) is 0 Å². The van der Waals surface area contributed by atoms with Gasteiger partial charge in [-0.1, -0.05) is 0 Å². The number of rotatable bonds is 5. The molecule has 0 saturated heterocycles. The topological polar surface area (TPSA) is 112 Å². The zero-order valence-corrected chi connectivity index (χ0v) is 12.8. The Morgan fingerprint density at radius 3 is 2.68 bits per heavy atom. The molecule has 0 unspecified atom stereocenters. The zero-order valence-electron chi connectivity index (χ0n) is 12.0. The van der Waals surface area contributed by atoms with Crippen molar-refractivity contribution in [2.75, 3.05) is 11.9 Å². The number of primary amides is 1. The van der Waals surface area contributed by atoms with Crippen LogP contribution in [0.15, 0.2) is 22.8 Å². The van der Waals surface area contributed by atoms with E-state index in [1.807, 2.05) is 0 Å². The maximum Gasteiger partial charge on any atom is 0.341 e. The van der Waals surface area contributed by atoms with Gasteiger partial charge in [0.1, 0.15) is 5.00 Å². The molecule has 22 heavy (non-hydrogen) atoms. The summed E-state index contributed by atoms with van der Waals surface area (Å²) in [6, 6.07) is 3.05. The zero-order chi connectivity index (χ0) is 16.3. The van der Waals surface area contributed by atoms with Crippen molar-refractivity contribution >= 4 is 34.1 Å². The predicted molar refractivity (Wildman–Crippen MR) is 80.2 cm³/mol. The van der Waals surface area contributed by atoms with Crippen LogP contribution < -0.4 is 11.1 Å². The van der Waals surface area contributed by atoms with Crippen LogP contribution in [0.5, 0.6) is 0 Å². The molecular formula is C14H14N2O5S. The average molecular weight is 322 g/mol. The fraction of sp³-hybridized carbons (Fsp3) is 0.214. The van der Waals surface area contributed by atoms with E-state index >= 15 is 0 Å². The quantitative estimate of drug-likeness (QED) is 0.819. The van der Waals surface area contributed by atoms with Gasteiger partial charge < -0.3 is 20.2 Å². The summed E-state index contributed by atoms with van der Waals surface area (Å²) >= 11 is 0.925. The lowest BCUT2D eigenvalue weighted by atomic mass is 10.1. The van der Waals surface area contributed by atoms with Crippen molar-refractivity contribution in [1.82, 2.24) is 0 Å². The Kier molecular flexibility index (Phi) is 4.62. The summed E-state index contributed by atoms with van der Waals surface area (Å²) in [6.07, 6.45) is 1.36. The number of furan rings is 1. The summed E-state index contributed by atoms with van der Waals surface area (Å²) in [7, 11) is 0. The Bertz CT molecular complexity index is 718. The smallest absolute Gasteiger partial charge is 0.341 e. The van der Waals surface area contributed by atoms with Crippen molar-refractivity contribution in [1.29, 1.82) is 0 Å². The molecular weight excluding hydrogens is 308 g/mol. The first-order valence-corrected chi connectivity index (χ1v) is 7.22. The molecule has 0 aliphatic carbocycles. The summed E-state index contributed by atoms with van der Waals surface area (Å²) in [5.74, 6) is -1.75. The Labute approximate surface area is 130 Å². The van der Waals surface area contributed by atoms with E-state index in [0.29, 0.717) is 5.56 Å². The molecule has 3 N–H and O–H groups in total. The van der Waals surface area contributed by atoms with Gasteiger partial charge in [-0.3, -0.25) is 9.59 Å². The Hall–Kier alpha value is -2.61. The van der Waals surface area contributed by atoms with Crippen LogP contribution in [-0.4, -0.2) is 24.4 Å². The number of amides is 2. The summed E-state index contributed by atoms with van der Waals surface area (Å²) in [4.78, 5) is 35.7. The van der Waals surface area contributed by atoms with E-state index in [1.165, 1.54) is 12.3 Å². The van der Waals surface area contributed by atoms with E-state index in [0.717, 1.165) is 11.3 Å². The lowest BCUT2D eigenvalue weighted by Gasteiger charge is -2.05. The van der Waals surface area contributed by atoms with Gasteiger partial charge in [0, 0.05) is 0 Å². The molecule has 0 aliphatic rings. The minimum absolute atomic E-state index is 0.0847. The van der Waals surface area contributed by atoms with Crippen LogP contribution in [0.2, 0.25) is 0 Å². The molecule has 0 atom stereocenters. The Balaban J connectivity index is 2.40. The largest absolute Gasteiger partial charge is 0.462 e. The second kappa shape index (κ2) is 6.44. The molecule has 0 aliphatic heterocycles. The van der Waals surface area contributed by atoms with Gasteiger partial charge >= 0.3 is 5.97 Å². The third-order valence-corrected chi connectivity index (χ3v) is 4.04. The fourth-order valence-corrected chi connectivity index (χ4v) is 2.90. The second-order valence-electron chi connectivity index (χ2n) is 4.28. The van der Waals surface area contributed by atoms with Crippen molar-refractivity contribution in [3.8, 4) is 0 Å². The number of thiophene rings is 1. The molecule has 8 heteroatoms. The number of carbonyl (C=O) groups excluding carboxylic acids is 3. The van der Waals surface area contributed by atoms with Crippen LogP contribution in [-0.2, 0) is 4.74 Å². The van der Waals surface area contributed by atoms with Crippen molar-refractivity contribution in [2.45, 2.75) is 13.8 Å². The van der Waals surface area contributed by atoms with E-state index in [2.05, 4.69) is 5.32 Å². The van der Waals surface area contributed by atoms with Gasteiger partial charge in [-0.05, 0) is 31.5 Å². The van der Waals surface area contributed by atoms with Gasteiger partial charge in [0.2, 0.25) is 0 Å². The molecule has 116 valence electrons. The molecule has 0 aromatic carbocycles. The Morgan fingerprint density at radius 1 is 1.41 bits per heavy atom. The number of hydrogen-bond acceptors (Lipinski definition) is 6. The minimum Gasteiger partial charge on any atom is -0.462 e. The molecule has 7 nitrogen and oxygen atoms in total. The predicted octanol–water partition coefficient (Wildman–Crippen LogP) is 2.18. The van der Waals surface area contributed by atoms with Crippen molar-refractivity contribution < 1.29 is 23.5 Å². The average Bonchev–Trinajstić information content (AvgIpc) is 3.07. The second-order valence-corrected chi connectivity index (χ2v) is 5.30. The van der Waals surface area contributed by atoms with Crippen LogP contribution in [0.3, 0.4) is 0 Å². The highest BCUT2D eigenvalue weighted by Crippen LogP contribution is 2.33. The molecule has 2 rings (SSSR count). The van der Waals surface area contributed by atoms with Crippen molar-refractivity contribution in [3.05, 3.63) is 40.2 Å². The van der Waals surface area contributed by atoms with Crippen LogP contribution in [0, 0.1) is 6.92 Å². The third-order valence-electron chi connectivity index (χ3n) is 2.82. The van der Waals surface area contributed by atoms with E-state index < -0.39 is 17.8 Å². The maximum atomic E-state index is 12.0. The van der Waals surface area contributed by atoms with E-state index in [1.54, 1.807) is 19.9 Å². The highest BCUT2D eigenvalue weighted by Gasteiger charge is 2.26. The fourth-order valence-electron chi connectivity index (χ4n) is 1.86.